The van der Waals surface area contributed by atoms with E-state index in [9.17, 15) is 4.79 Å². The highest BCUT2D eigenvalue weighted by atomic mass is 16.4. The van der Waals surface area contributed by atoms with Crippen molar-refractivity contribution in [2.24, 2.45) is 5.92 Å². The fourth-order valence-electron chi connectivity index (χ4n) is 1.99. The molecule has 0 amide bonds. The highest BCUT2D eigenvalue weighted by Crippen LogP contribution is 2.35. The van der Waals surface area contributed by atoms with Crippen LogP contribution in [0.25, 0.3) is 0 Å². The van der Waals surface area contributed by atoms with Crippen molar-refractivity contribution < 1.29 is 9.90 Å². The summed E-state index contributed by atoms with van der Waals surface area (Å²) in [6.45, 7) is 0.948. The van der Waals surface area contributed by atoms with Crippen LogP contribution in [0.3, 0.4) is 0 Å². The van der Waals surface area contributed by atoms with E-state index in [0.29, 0.717) is 5.92 Å². The van der Waals surface area contributed by atoms with E-state index in [2.05, 4.69) is 11.4 Å². The molecule has 2 bridgehead atoms. The molecule has 2 atom stereocenters. The number of hydrogen-bond donors (Lipinski definition) is 2. The van der Waals surface area contributed by atoms with Gasteiger partial charge in [-0.05, 0) is 12.3 Å². The molecule has 0 saturated carbocycles. The van der Waals surface area contributed by atoms with Crippen LogP contribution in [-0.2, 0) is 4.79 Å². The van der Waals surface area contributed by atoms with Crippen molar-refractivity contribution >= 4 is 5.97 Å². The molecule has 0 aromatic rings. The molecule has 0 aromatic carbocycles. The third kappa shape index (κ3) is 1.05. The monoisotopic (exact) mass is 153 g/mol. The lowest BCUT2D eigenvalue weighted by molar-refractivity contribution is -0.138. The van der Waals surface area contributed by atoms with Gasteiger partial charge in [-0.1, -0.05) is 12.2 Å². The maximum atomic E-state index is 10.5. The molecule has 1 heterocycles. The molecule has 1 aliphatic carbocycles. The van der Waals surface area contributed by atoms with E-state index in [1.54, 1.807) is 0 Å². The van der Waals surface area contributed by atoms with Gasteiger partial charge in [0.2, 0.25) is 0 Å². The summed E-state index contributed by atoms with van der Waals surface area (Å²) in [5.74, 6) is -0.140. The average molecular weight is 153 g/mol. The second-order valence-corrected chi connectivity index (χ2v) is 3.43. The van der Waals surface area contributed by atoms with Crippen molar-refractivity contribution in [2.75, 3.05) is 6.54 Å². The number of nitrogens with one attached hydrogen (secondary N) is 1. The van der Waals surface area contributed by atoms with Gasteiger partial charge in [0.15, 0.2) is 0 Å². The standard InChI is InChI=1S/C8H11NO2/c10-7(11)4-8-2-1-6(3-8)5-9-8/h1-2,6,9H,3-5H2,(H,10,11). The summed E-state index contributed by atoms with van der Waals surface area (Å²) in [6.07, 6.45) is 5.33. The van der Waals surface area contributed by atoms with Crippen molar-refractivity contribution in [3.05, 3.63) is 12.2 Å². The van der Waals surface area contributed by atoms with Crippen LogP contribution >= 0.6 is 0 Å². The average Bonchev–Trinajstić information content (AvgIpc) is 2.43. The molecule has 2 unspecified atom stereocenters. The van der Waals surface area contributed by atoms with E-state index in [0.717, 1.165) is 13.0 Å². The Morgan fingerprint density at radius 3 is 3.00 bits per heavy atom. The SMILES string of the molecule is O=C(O)CC12C=CC(CN1)C2. The third-order valence-electron chi connectivity index (χ3n) is 2.50. The smallest absolute Gasteiger partial charge is 0.305 e. The second-order valence-electron chi connectivity index (χ2n) is 3.43. The topological polar surface area (TPSA) is 49.3 Å². The lowest BCUT2D eigenvalue weighted by atomic mass is 9.96. The normalized spacial score (nSPS) is 39.8. The summed E-state index contributed by atoms with van der Waals surface area (Å²) in [4.78, 5) is 10.5. The highest BCUT2D eigenvalue weighted by molar-refractivity contribution is 5.69. The van der Waals surface area contributed by atoms with Crippen LogP contribution in [-0.4, -0.2) is 23.2 Å². The molecule has 60 valence electrons. The number of hydrogen-bond acceptors (Lipinski definition) is 2. The van der Waals surface area contributed by atoms with Gasteiger partial charge in [-0.15, -0.1) is 0 Å². The maximum absolute atomic E-state index is 10.5. The second kappa shape index (κ2) is 2.08. The summed E-state index contributed by atoms with van der Waals surface area (Å²) in [5.41, 5.74) is -0.198. The minimum Gasteiger partial charge on any atom is -0.481 e. The zero-order chi connectivity index (χ0) is 7.90. The van der Waals surface area contributed by atoms with Crippen molar-refractivity contribution in [1.82, 2.24) is 5.32 Å². The summed E-state index contributed by atoms with van der Waals surface area (Å²) in [6, 6.07) is 0. The summed E-state index contributed by atoms with van der Waals surface area (Å²) in [5, 5.41) is 11.8. The lowest BCUT2D eigenvalue weighted by Gasteiger charge is -2.21. The van der Waals surface area contributed by atoms with Gasteiger partial charge in [0.1, 0.15) is 0 Å². The van der Waals surface area contributed by atoms with Crippen LogP contribution in [0, 0.1) is 5.92 Å². The molecule has 1 fully saturated rings. The van der Waals surface area contributed by atoms with Crippen LogP contribution in [0.2, 0.25) is 0 Å². The van der Waals surface area contributed by atoms with E-state index in [1.165, 1.54) is 0 Å². The first-order valence-corrected chi connectivity index (χ1v) is 3.86. The van der Waals surface area contributed by atoms with Crippen molar-refractivity contribution in [3.63, 3.8) is 0 Å². The molecule has 11 heavy (non-hydrogen) atoms. The molecular formula is C8H11NO2. The Balaban J connectivity index is 2.11. The van der Waals surface area contributed by atoms with Crippen LogP contribution in [0.1, 0.15) is 12.8 Å². The molecule has 0 spiro atoms. The lowest BCUT2D eigenvalue weighted by Crippen LogP contribution is -2.39. The first-order chi connectivity index (χ1) is 5.20. The first kappa shape index (κ1) is 6.85. The molecule has 3 nitrogen and oxygen atoms in total. The Morgan fingerprint density at radius 2 is 2.64 bits per heavy atom. The van der Waals surface area contributed by atoms with Gasteiger partial charge in [-0.3, -0.25) is 4.79 Å². The maximum Gasteiger partial charge on any atom is 0.305 e. The van der Waals surface area contributed by atoms with Gasteiger partial charge in [-0.25, -0.2) is 0 Å². The number of rotatable bonds is 2. The number of fused-ring (bicyclic) bond motifs is 2. The molecular weight excluding hydrogens is 142 g/mol. The van der Waals surface area contributed by atoms with Crippen molar-refractivity contribution in [3.8, 4) is 0 Å². The third-order valence-corrected chi connectivity index (χ3v) is 2.50. The largest absolute Gasteiger partial charge is 0.481 e. The Kier molecular flexibility index (Phi) is 1.29. The molecule has 3 heteroatoms. The van der Waals surface area contributed by atoms with Gasteiger partial charge >= 0.3 is 5.97 Å². The van der Waals surface area contributed by atoms with Crippen molar-refractivity contribution in [2.45, 2.75) is 18.4 Å². The fraction of sp³-hybridized carbons (Fsp3) is 0.625. The number of carbonyl (C=O) groups is 1. The molecule has 0 radical (unpaired) electrons. The van der Waals surface area contributed by atoms with E-state index in [-0.39, 0.29) is 12.0 Å². The van der Waals surface area contributed by atoms with Crippen LogP contribution < -0.4 is 5.32 Å². The van der Waals surface area contributed by atoms with Gasteiger partial charge < -0.3 is 10.4 Å². The Bertz CT molecular complexity index is 224. The van der Waals surface area contributed by atoms with Crippen molar-refractivity contribution in [1.29, 1.82) is 0 Å². The number of aliphatic carboxylic acids is 1. The van der Waals surface area contributed by atoms with Crippen LogP contribution in [0.5, 0.6) is 0 Å². The van der Waals surface area contributed by atoms with E-state index < -0.39 is 5.97 Å². The van der Waals surface area contributed by atoms with Crippen LogP contribution in [0.4, 0.5) is 0 Å². The zero-order valence-corrected chi connectivity index (χ0v) is 6.21. The van der Waals surface area contributed by atoms with E-state index in [4.69, 9.17) is 5.11 Å². The zero-order valence-electron chi connectivity index (χ0n) is 6.21. The van der Waals surface area contributed by atoms with Gasteiger partial charge in [-0.2, -0.15) is 0 Å². The summed E-state index contributed by atoms with van der Waals surface area (Å²) < 4.78 is 0. The minimum atomic E-state index is -0.718. The number of carboxylic acid groups (broad SMARTS) is 1. The minimum absolute atomic E-state index is 0.198. The fourth-order valence-corrected chi connectivity index (χ4v) is 1.99. The molecule has 1 aliphatic heterocycles. The first-order valence-electron chi connectivity index (χ1n) is 3.86. The molecule has 2 N–H and O–H groups in total. The number of carboxylic acids is 1. The van der Waals surface area contributed by atoms with E-state index >= 15 is 0 Å². The van der Waals surface area contributed by atoms with Gasteiger partial charge in [0.25, 0.3) is 0 Å². The predicted octanol–water partition coefficient (Wildman–Crippen LogP) is 0.379. The molecule has 2 aliphatic rings. The van der Waals surface area contributed by atoms with E-state index in [1.807, 2.05) is 6.08 Å². The molecule has 0 aromatic heterocycles. The summed E-state index contributed by atoms with van der Waals surface area (Å²) in [7, 11) is 0. The Morgan fingerprint density at radius 1 is 1.82 bits per heavy atom. The quantitative estimate of drug-likeness (QED) is 0.564. The molecule has 1 saturated heterocycles. The Hall–Kier alpha value is -0.830. The van der Waals surface area contributed by atoms with Gasteiger partial charge in [0.05, 0.1) is 6.42 Å². The highest BCUT2D eigenvalue weighted by Gasteiger charge is 2.41. The van der Waals surface area contributed by atoms with Gasteiger partial charge in [0, 0.05) is 12.1 Å². The summed E-state index contributed by atoms with van der Waals surface area (Å²) >= 11 is 0. The van der Waals surface area contributed by atoms with Crippen LogP contribution in [0.15, 0.2) is 12.2 Å². The molecule has 2 rings (SSSR count). The Labute approximate surface area is 65.1 Å². The predicted molar refractivity (Wildman–Crippen MR) is 40.2 cm³/mol.